The summed E-state index contributed by atoms with van der Waals surface area (Å²) in [6, 6.07) is 17.0. The Balaban J connectivity index is 2.29. The molecule has 2 aromatic carbocycles. The summed E-state index contributed by atoms with van der Waals surface area (Å²) < 4.78 is 0. The van der Waals surface area contributed by atoms with Gasteiger partial charge in [-0.2, -0.15) is 0 Å². The Labute approximate surface area is 122 Å². The lowest BCUT2D eigenvalue weighted by molar-refractivity contribution is -0.116. The predicted octanol–water partition coefficient (Wildman–Crippen LogP) is 4.11. The minimum absolute atomic E-state index is 0.0562. The lowest BCUT2D eigenvalue weighted by atomic mass is 10.2. The third-order valence-corrected chi connectivity index (χ3v) is 3.18. The highest BCUT2D eigenvalue weighted by atomic mass is 35.5. The van der Waals surface area contributed by atoms with Gasteiger partial charge in [0.05, 0.1) is 6.54 Å². The molecule has 0 radical (unpaired) electrons. The summed E-state index contributed by atoms with van der Waals surface area (Å²) in [7, 11) is 0. The standard InChI is InChI=1S/C15H13Cl2NO/c16-10-15(19)18(11-12-5-2-1-3-6-12)14-8-4-7-13(17)9-14/h1-9H,10-11H2. The lowest BCUT2D eigenvalue weighted by Gasteiger charge is -2.22. The molecule has 1 amide bonds. The van der Waals surface area contributed by atoms with E-state index in [1.54, 1.807) is 17.0 Å². The van der Waals surface area contributed by atoms with Gasteiger partial charge < -0.3 is 4.90 Å². The van der Waals surface area contributed by atoms with E-state index >= 15 is 0 Å². The molecule has 2 nitrogen and oxygen atoms in total. The second-order valence-electron chi connectivity index (χ2n) is 4.08. The first-order chi connectivity index (χ1) is 9.20. The highest BCUT2D eigenvalue weighted by Gasteiger charge is 2.15. The van der Waals surface area contributed by atoms with Crippen LogP contribution in [0.3, 0.4) is 0 Å². The number of alkyl halides is 1. The lowest BCUT2D eigenvalue weighted by Crippen LogP contribution is -2.31. The SMILES string of the molecule is O=C(CCl)N(Cc1ccccc1)c1cccc(Cl)c1. The van der Waals surface area contributed by atoms with Crippen molar-refractivity contribution >= 4 is 34.8 Å². The zero-order chi connectivity index (χ0) is 13.7. The molecule has 0 atom stereocenters. The van der Waals surface area contributed by atoms with Gasteiger partial charge in [0.25, 0.3) is 0 Å². The van der Waals surface area contributed by atoms with Crippen LogP contribution in [0, 0.1) is 0 Å². The van der Waals surface area contributed by atoms with Crippen LogP contribution in [0.25, 0.3) is 0 Å². The first-order valence-electron chi connectivity index (χ1n) is 5.86. The molecule has 19 heavy (non-hydrogen) atoms. The van der Waals surface area contributed by atoms with Gasteiger partial charge in [0.2, 0.25) is 5.91 Å². The molecule has 0 saturated carbocycles. The van der Waals surface area contributed by atoms with E-state index in [0.29, 0.717) is 11.6 Å². The molecule has 2 aromatic rings. The van der Waals surface area contributed by atoms with E-state index in [-0.39, 0.29) is 11.8 Å². The normalized spacial score (nSPS) is 10.2. The third kappa shape index (κ3) is 3.72. The number of halogens is 2. The average Bonchev–Trinajstić information content (AvgIpc) is 2.45. The van der Waals surface area contributed by atoms with Crippen molar-refractivity contribution in [3.63, 3.8) is 0 Å². The van der Waals surface area contributed by atoms with Gasteiger partial charge in [0, 0.05) is 10.7 Å². The molecule has 4 heteroatoms. The summed E-state index contributed by atoms with van der Waals surface area (Å²) in [6.45, 7) is 0.479. The van der Waals surface area contributed by atoms with Gasteiger partial charge in [0.1, 0.15) is 5.88 Å². The molecule has 0 unspecified atom stereocenters. The van der Waals surface area contributed by atoms with Crippen molar-refractivity contribution in [3.8, 4) is 0 Å². The Morgan fingerprint density at radius 1 is 1.05 bits per heavy atom. The van der Waals surface area contributed by atoms with Crippen LogP contribution in [-0.2, 0) is 11.3 Å². The Morgan fingerprint density at radius 2 is 1.79 bits per heavy atom. The van der Waals surface area contributed by atoms with Crippen molar-refractivity contribution in [2.75, 3.05) is 10.8 Å². The van der Waals surface area contributed by atoms with Crippen LogP contribution < -0.4 is 4.90 Å². The van der Waals surface area contributed by atoms with Gasteiger partial charge >= 0.3 is 0 Å². The third-order valence-electron chi connectivity index (χ3n) is 2.72. The number of anilines is 1. The summed E-state index contributed by atoms with van der Waals surface area (Å²) in [6.07, 6.45) is 0. The molecule has 0 N–H and O–H groups in total. The molecule has 0 aliphatic heterocycles. The average molecular weight is 294 g/mol. The smallest absolute Gasteiger partial charge is 0.242 e. The summed E-state index contributed by atoms with van der Waals surface area (Å²) in [5, 5.41) is 0.595. The molecule has 0 aliphatic carbocycles. The van der Waals surface area contributed by atoms with Crippen LogP contribution >= 0.6 is 23.2 Å². The molecule has 98 valence electrons. The van der Waals surface area contributed by atoms with Crippen molar-refractivity contribution in [3.05, 3.63) is 65.2 Å². The minimum Gasteiger partial charge on any atom is -0.307 e. The predicted molar refractivity (Wildman–Crippen MR) is 79.8 cm³/mol. The molecule has 0 saturated heterocycles. The number of rotatable bonds is 4. The maximum absolute atomic E-state index is 12.0. The fourth-order valence-corrected chi connectivity index (χ4v) is 2.13. The molecule has 0 fully saturated rings. The maximum Gasteiger partial charge on any atom is 0.242 e. The van der Waals surface area contributed by atoms with Crippen molar-refractivity contribution in [2.45, 2.75) is 6.54 Å². The number of carbonyl (C=O) groups is 1. The second kappa shape index (κ2) is 6.60. The highest BCUT2D eigenvalue weighted by Crippen LogP contribution is 2.22. The Hall–Kier alpha value is -1.51. The van der Waals surface area contributed by atoms with E-state index in [9.17, 15) is 4.79 Å². The van der Waals surface area contributed by atoms with Crippen molar-refractivity contribution in [1.29, 1.82) is 0 Å². The van der Waals surface area contributed by atoms with Gasteiger partial charge in [0.15, 0.2) is 0 Å². The van der Waals surface area contributed by atoms with Crippen molar-refractivity contribution in [2.24, 2.45) is 0 Å². The van der Waals surface area contributed by atoms with E-state index in [2.05, 4.69) is 0 Å². The Kier molecular flexibility index (Phi) is 4.83. The van der Waals surface area contributed by atoms with Crippen LogP contribution in [0.5, 0.6) is 0 Å². The Morgan fingerprint density at radius 3 is 2.42 bits per heavy atom. The molecule has 2 rings (SSSR count). The molecule has 0 spiro atoms. The quantitative estimate of drug-likeness (QED) is 0.777. The number of hydrogen-bond acceptors (Lipinski definition) is 1. The maximum atomic E-state index is 12.0. The molecule has 0 aromatic heterocycles. The fourth-order valence-electron chi connectivity index (χ4n) is 1.81. The molecular weight excluding hydrogens is 281 g/mol. The van der Waals surface area contributed by atoms with E-state index in [0.717, 1.165) is 11.3 Å². The van der Waals surface area contributed by atoms with Crippen LogP contribution in [-0.4, -0.2) is 11.8 Å². The molecular formula is C15H13Cl2NO. The monoisotopic (exact) mass is 293 g/mol. The van der Waals surface area contributed by atoms with Crippen molar-refractivity contribution in [1.82, 2.24) is 0 Å². The van der Waals surface area contributed by atoms with Crippen molar-refractivity contribution < 1.29 is 4.79 Å². The van der Waals surface area contributed by atoms with E-state index in [1.165, 1.54) is 0 Å². The van der Waals surface area contributed by atoms with Crippen LogP contribution in [0.1, 0.15) is 5.56 Å². The molecule has 0 aliphatic rings. The number of hydrogen-bond donors (Lipinski definition) is 0. The minimum atomic E-state index is -0.146. The fraction of sp³-hybridized carbons (Fsp3) is 0.133. The van der Waals surface area contributed by atoms with Crippen LogP contribution in [0.2, 0.25) is 5.02 Å². The first kappa shape index (κ1) is 13.9. The first-order valence-corrected chi connectivity index (χ1v) is 6.78. The van der Waals surface area contributed by atoms with Crippen LogP contribution in [0.4, 0.5) is 5.69 Å². The van der Waals surface area contributed by atoms with Gasteiger partial charge in [-0.25, -0.2) is 0 Å². The second-order valence-corrected chi connectivity index (χ2v) is 4.78. The summed E-state index contributed by atoms with van der Waals surface area (Å²) in [5.74, 6) is -0.202. The zero-order valence-electron chi connectivity index (χ0n) is 10.2. The number of nitrogens with zero attached hydrogens (tertiary/aromatic N) is 1. The number of amides is 1. The van der Waals surface area contributed by atoms with E-state index in [4.69, 9.17) is 23.2 Å². The Bertz CT molecular complexity index is 557. The van der Waals surface area contributed by atoms with Gasteiger partial charge in [-0.1, -0.05) is 48.0 Å². The zero-order valence-corrected chi connectivity index (χ0v) is 11.7. The van der Waals surface area contributed by atoms with Gasteiger partial charge in [-0.05, 0) is 23.8 Å². The number of benzene rings is 2. The highest BCUT2D eigenvalue weighted by molar-refractivity contribution is 6.31. The summed E-state index contributed by atoms with van der Waals surface area (Å²) in [4.78, 5) is 13.6. The van der Waals surface area contributed by atoms with Gasteiger partial charge in [-0.3, -0.25) is 4.79 Å². The summed E-state index contributed by atoms with van der Waals surface area (Å²) >= 11 is 11.6. The molecule has 0 heterocycles. The van der Waals surface area contributed by atoms with Gasteiger partial charge in [-0.15, -0.1) is 11.6 Å². The topological polar surface area (TPSA) is 20.3 Å². The van der Waals surface area contributed by atoms with Crippen LogP contribution in [0.15, 0.2) is 54.6 Å². The number of carbonyl (C=O) groups excluding carboxylic acids is 1. The summed E-state index contributed by atoms with van der Waals surface area (Å²) in [5.41, 5.74) is 1.79. The molecule has 0 bridgehead atoms. The van der Waals surface area contributed by atoms with E-state index < -0.39 is 0 Å². The van der Waals surface area contributed by atoms with E-state index in [1.807, 2.05) is 42.5 Å². The largest absolute Gasteiger partial charge is 0.307 e.